The molecule has 96 valence electrons. The van der Waals surface area contributed by atoms with Gasteiger partial charge in [-0.2, -0.15) is 5.26 Å². The Hall–Kier alpha value is -1.76. The van der Waals surface area contributed by atoms with Gasteiger partial charge in [-0.25, -0.2) is 0 Å². The van der Waals surface area contributed by atoms with Gasteiger partial charge < -0.3 is 5.11 Å². The lowest BCUT2D eigenvalue weighted by atomic mass is 10.1. The maximum atomic E-state index is 9.80. The Bertz CT molecular complexity index is 629. The van der Waals surface area contributed by atoms with Crippen LogP contribution in [0.2, 0.25) is 0 Å². The molecule has 0 radical (unpaired) electrons. The molecule has 2 aromatic carbocycles. The van der Waals surface area contributed by atoms with Crippen LogP contribution in [0.5, 0.6) is 0 Å². The summed E-state index contributed by atoms with van der Waals surface area (Å²) in [4.78, 5) is 2.04. The van der Waals surface area contributed by atoms with Crippen molar-refractivity contribution in [3.63, 3.8) is 0 Å². The highest BCUT2D eigenvalue weighted by atomic mass is 32.2. The van der Waals surface area contributed by atoms with Gasteiger partial charge in [0, 0.05) is 9.79 Å². The van der Waals surface area contributed by atoms with Crippen LogP contribution >= 0.6 is 11.8 Å². The smallest absolute Gasteiger partial charge is 0.0992 e. The molecule has 0 aliphatic rings. The monoisotopic (exact) mass is 269 g/mol. The summed E-state index contributed by atoms with van der Waals surface area (Å²) in [5.41, 5.74) is 2.66. The fraction of sp³-hybridized carbons (Fsp3) is 0.188. The maximum Gasteiger partial charge on any atom is 0.0992 e. The molecule has 3 heteroatoms. The van der Waals surface area contributed by atoms with Crippen LogP contribution < -0.4 is 0 Å². The molecule has 2 aromatic rings. The minimum Gasteiger partial charge on any atom is -0.389 e. The summed E-state index contributed by atoms with van der Waals surface area (Å²) in [6.45, 7) is 3.78. The van der Waals surface area contributed by atoms with E-state index in [-0.39, 0.29) is 0 Å². The van der Waals surface area contributed by atoms with E-state index in [1.807, 2.05) is 37.3 Å². The molecule has 19 heavy (non-hydrogen) atoms. The number of rotatable bonds is 3. The molecule has 0 aliphatic carbocycles. The maximum absolute atomic E-state index is 9.80. The van der Waals surface area contributed by atoms with Gasteiger partial charge >= 0.3 is 0 Å². The van der Waals surface area contributed by atoms with Crippen molar-refractivity contribution in [2.75, 3.05) is 0 Å². The average Bonchev–Trinajstić information content (AvgIpc) is 2.38. The van der Waals surface area contributed by atoms with Crippen molar-refractivity contribution in [2.24, 2.45) is 0 Å². The Labute approximate surface area is 117 Å². The molecular formula is C16H15NOS. The first kappa shape index (κ1) is 13.7. The van der Waals surface area contributed by atoms with E-state index in [4.69, 9.17) is 5.26 Å². The Kier molecular flexibility index (Phi) is 4.26. The highest BCUT2D eigenvalue weighted by Gasteiger charge is 2.10. The third-order valence-electron chi connectivity index (χ3n) is 2.81. The summed E-state index contributed by atoms with van der Waals surface area (Å²) >= 11 is 1.58. The van der Waals surface area contributed by atoms with Crippen molar-refractivity contribution < 1.29 is 5.11 Å². The van der Waals surface area contributed by atoms with Gasteiger partial charge in [0.15, 0.2) is 0 Å². The van der Waals surface area contributed by atoms with E-state index in [0.717, 1.165) is 15.4 Å². The van der Waals surface area contributed by atoms with E-state index < -0.39 is 6.10 Å². The van der Waals surface area contributed by atoms with E-state index in [1.165, 1.54) is 5.56 Å². The number of hydrogen-bond donors (Lipinski definition) is 1. The van der Waals surface area contributed by atoms with Crippen LogP contribution in [-0.2, 0) is 0 Å². The summed E-state index contributed by atoms with van der Waals surface area (Å²) in [5.74, 6) is 0. The molecular weight excluding hydrogens is 254 g/mol. The molecule has 1 N–H and O–H groups in total. The fourth-order valence-corrected chi connectivity index (χ4v) is 3.03. The minimum atomic E-state index is -0.542. The first-order valence-corrected chi connectivity index (χ1v) is 6.88. The van der Waals surface area contributed by atoms with Gasteiger partial charge in [0.25, 0.3) is 0 Å². The first-order chi connectivity index (χ1) is 9.10. The molecule has 0 aliphatic heterocycles. The lowest BCUT2D eigenvalue weighted by molar-refractivity contribution is 0.196. The number of nitriles is 1. The van der Waals surface area contributed by atoms with Crippen molar-refractivity contribution in [1.29, 1.82) is 5.26 Å². The van der Waals surface area contributed by atoms with Crippen molar-refractivity contribution in [2.45, 2.75) is 29.7 Å². The van der Waals surface area contributed by atoms with Gasteiger partial charge in [-0.3, -0.25) is 0 Å². The number of nitrogens with zero attached hydrogens (tertiary/aromatic N) is 1. The average molecular weight is 269 g/mol. The fourth-order valence-electron chi connectivity index (χ4n) is 1.84. The largest absolute Gasteiger partial charge is 0.389 e. The Morgan fingerprint density at radius 1 is 1.21 bits per heavy atom. The van der Waals surface area contributed by atoms with Crippen LogP contribution in [0.1, 0.15) is 29.7 Å². The van der Waals surface area contributed by atoms with Gasteiger partial charge in [0.2, 0.25) is 0 Å². The van der Waals surface area contributed by atoms with Crippen LogP contribution in [0.15, 0.2) is 52.3 Å². The molecule has 0 fully saturated rings. The zero-order valence-electron chi connectivity index (χ0n) is 10.9. The van der Waals surface area contributed by atoms with Crippen molar-refractivity contribution in [3.8, 4) is 6.07 Å². The quantitative estimate of drug-likeness (QED) is 0.913. The topological polar surface area (TPSA) is 44.0 Å². The molecule has 0 heterocycles. The molecule has 0 saturated carbocycles. The molecule has 0 aromatic heterocycles. The number of hydrogen-bond acceptors (Lipinski definition) is 3. The highest BCUT2D eigenvalue weighted by Crippen LogP contribution is 2.34. The molecule has 2 nitrogen and oxygen atoms in total. The first-order valence-electron chi connectivity index (χ1n) is 6.07. The van der Waals surface area contributed by atoms with Crippen LogP contribution in [-0.4, -0.2) is 5.11 Å². The normalized spacial score (nSPS) is 11.9. The molecule has 0 spiro atoms. The third-order valence-corrected chi connectivity index (χ3v) is 3.87. The van der Waals surface area contributed by atoms with Crippen molar-refractivity contribution >= 4 is 11.8 Å². The number of aliphatic hydroxyl groups is 1. The lowest BCUT2D eigenvalue weighted by Crippen LogP contribution is -1.94. The van der Waals surface area contributed by atoms with Crippen LogP contribution in [0.3, 0.4) is 0 Å². The summed E-state index contributed by atoms with van der Waals surface area (Å²) in [6.07, 6.45) is -0.542. The summed E-state index contributed by atoms with van der Waals surface area (Å²) < 4.78 is 0. The van der Waals surface area contributed by atoms with Gasteiger partial charge in [0.05, 0.1) is 17.7 Å². The second-order valence-electron chi connectivity index (χ2n) is 4.46. The Morgan fingerprint density at radius 2 is 2.00 bits per heavy atom. The van der Waals surface area contributed by atoms with E-state index >= 15 is 0 Å². The van der Waals surface area contributed by atoms with E-state index in [1.54, 1.807) is 24.8 Å². The minimum absolute atomic E-state index is 0.542. The Morgan fingerprint density at radius 3 is 2.63 bits per heavy atom. The predicted octanol–water partition coefficient (Wildman–Crippen LogP) is 4.07. The van der Waals surface area contributed by atoms with Crippen molar-refractivity contribution in [1.82, 2.24) is 0 Å². The molecule has 0 bridgehead atoms. The number of benzene rings is 2. The second kappa shape index (κ2) is 5.92. The number of aryl methyl sites for hydroxylation is 1. The summed E-state index contributed by atoms with van der Waals surface area (Å²) in [7, 11) is 0. The van der Waals surface area contributed by atoms with Crippen LogP contribution in [0.25, 0.3) is 0 Å². The Balaban J connectivity index is 2.40. The molecule has 0 unspecified atom stereocenters. The van der Waals surface area contributed by atoms with Gasteiger partial charge in [0.1, 0.15) is 0 Å². The number of aliphatic hydroxyl groups excluding tert-OH is 1. The lowest BCUT2D eigenvalue weighted by Gasteiger charge is -2.12. The van der Waals surface area contributed by atoms with Crippen LogP contribution in [0, 0.1) is 18.3 Å². The molecule has 0 amide bonds. The standard InChI is InChI=1S/C16H15NOS/c1-11-4-3-5-14(8-11)19-16-9-13(10-17)6-7-15(16)12(2)18/h3-9,12,18H,1-2H3/t12-/m0/s1. The van der Waals surface area contributed by atoms with Crippen LogP contribution in [0.4, 0.5) is 0 Å². The van der Waals surface area contributed by atoms with Gasteiger partial charge in [-0.1, -0.05) is 35.5 Å². The van der Waals surface area contributed by atoms with Gasteiger partial charge in [-0.15, -0.1) is 0 Å². The summed E-state index contributed by atoms with van der Waals surface area (Å²) in [6, 6.07) is 15.7. The zero-order valence-corrected chi connectivity index (χ0v) is 11.7. The van der Waals surface area contributed by atoms with Gasteiger partial charge in [-0.05, 0) is 43.7 Å². The van der Waals surface area contributed by atoms with E-state index in [0.29, 0.717) is 5.56 Å². The molecule has 2 rings (SSSR count). The van der Waals surface area contributed by atoms with E-state index in [9.17, 15) is 5.11 Å². The molecule has 0 saturated heterocycles. The third kappa shape index (κ3) is 3.37. The molecule has 1 atom stereocenters. The SMILES string of the molecule is Cc1cccc(Sc2cc(C#N)ccc2[C@H](C)O)c1. The van der Waals surface area contributed by atoms with E-state index in [2.05, 4.69) is 12.1 Å². The zero-order chi connectivity index (χ0) is 13.8. The predicted molar refractivity (Wildman–Crippen MR) is 77.1 cm³/mol. The second-order valence-corrected chi connectivity index (χ2v) is 5.57. The highest BCUT2D eigenvalue weighted by molar-refractivity contribution is 7.99. The van der Waals surface area contributed by atoms with Crippen molar-refractivity contribution in [3.05, 3.63) is 59.2 Å². The summed E-state index contributed by atoms with van der Waals surface area (Å²) in [5, 5.41) is 18.8.